The van der Waals surface area contributed by atoms with Gasteiger partial charge in [0, 0.05) is 20.6 Å². The van der Waals surface area contributed by atoms with E-state index in [9.17, 15) is 5.11 Å². The molecule has 0 aromatic carbocycles. The number of anilines is 4. The molecule has 0 radical (unpaired) electrons. The van der Waals surface area contributed by atoms with Gasteiger partial charge in [0.05, 0.1) is 12.1 Å². The predicted octanol–water partition coefficient (Wildman–Crippen LogP) is 2.07. The molecule has 10 heteroatoms. The topological polar surface area (TPSA) is 120 Å². The van der Waals surface area contributed by atoms with E-state index in [4.69, 9.17) is 0 Å². The Morgan fingerprint density at radius 1 is 0.962 bits per heavy atom. The van der Waals surface area contributed by atoms with Crippen molar-refractivity contribution in [1.82, 2.24) is 19.9 Å². The van der Waals surface area contributed by atoms with Crippen LogP contribution in [0.2, 0.25) is 0 Å². The largest absolute Gasteiger partial charge is 0.391 e. The van der Waals surface area contributed by atoms with E-state index in [0.717, 1.165) is 32.2 Å². The summed E-state index contributed by atoms with van der Waals surface area (Å²) in [5, 5.41) is 22.6. The first kappa shape index (κ1) is 20.2. The van der Waals surface area contributed by atoms with Crippen molar-refractivity contribution >= 4 is 47.0 Å². The Balaban J connectivity index is 0.00000243. The predicted molar refractivity (Wildman–Crippen MR) is 108 cm³/mol. The molecule has 2 atom stereocenters. The smallest absolute Gasteiger partial charge is 0.225 e. The highest BCUT2D eigenvalue weighted by atomic mass is 35.5. The van der Waals surface area contributed by atoms with Gasteiger partial charge in [0.25, 0.3) is 0 Å². The highest BCUT2D eigenvalue weighted by Crippen LogP contribution is 2.28. The summed E-state index contributed by atoms with van der Waals surface area (Å²) in [6.07, 6.45) is 3.34. The zero-order valence-electron chi connectivity index (χ0n) is 15.3. The number of halogens is 1. The molecule has 3 rings (SSSR count). The lowest BCUT2D eigenvalue weighted by molar-refractivity contribution is 0.171. The Labute approximate surface area is 159 Å². The molecule has 0 unspecified atom stereocenters. The SMILES string of the molecule is CCCNc1nc(NC)c2nc(N[C@H]3CCC[C@@H]3O)nc(NC)c2n1.Cl. The Bertz CT molecular complexity index is 744. The molecule has 0 spiro atoms. The van der Waals surface area contributed by atoms with E-state index in [2.05, 4.69) is 48.1 Å². The maximum atomic E-state index is 10.0. The third-order valence-corrected chi connectivity index (χ3v) is 4.34. The van der Waals surface area contributed by atoms with Crippen molar-refractivity contribution in [2.24, 2.45) is 0 Å². The van der Waals surface area contributed by atoms with Gasteiger partial charge in [-0.05, 0) is 25.7 Å². The Morgan fingerprint density at radius 3 is 2.12 bits per heavy atom. The molecule has 0 saturated heterocycles. The van der Waals surface area contributed by atoms with Crippen molar-refractivity contribution in [3.63, 3.8) is 0 Å². The molecule has 0 bridgehead atoms. The number of fused-ring (bicyclic) bond motifs is 1. The van der Waals surface area contributed by atoms with Crippen LogP contribution in [0.15, 0.2) is 0 Å². The van der Waals surface area contributed by atoms with Crippen LogP contribution in [-0.4, -0.2) is 57.8 Å². The van der Waals surface area contributed by atoms with Gasteiger partial charge in [0.2, 0.25) is 11.9 Å². The molecular formula is C16H27ClN8O. The minimum atomic E-state index is -0.363. The van der Waals surface area contributed by atoms with E-state index in [-0.39, 0.29) is 24.6 Å². The standard InChI is InChI=1S/C16H26N8O.ClH/c1-4-8-19-15-21-11-12(13(17-2)23-15)22-16(24-14(11)18-3)20-9-6-5-7-10(9)25;/h9-10,25H,4-8H2,1-3H3,(H2,17,19,21,23)(H2,18,20,22,24);1H/t9-,10-;/m0./s1. The van der Waals surface area contributed by atoms with Gasteiger partial charge in [-0.15, -0.1) is 12.4 Å². The molecule has 1 aliphatic rings. The van der Waals surface area contributed by atoms with Crippen LogP contribution in [0.5, 0.6) is 0 Å². The third-order valence-electron chi connectivity index (χ3n) is 4.34. The van der Waals surface area contributed by atoms with E-state index in [1.165, 1.54) is 0 Å². The van der Waals surface area contributed by atoms with Crippen molar-refractivity contribution in [2.45, 2.75) is 44.8 Å². The fraction of sp³-hybridized carbons (Fsp3) is 0.625. The van der Waals surface area contributed by atoms with Crippen LogP contribution in [0.1, 0.15) is 32.6 Å². The molecule has 0 aliphatic heterocycles. The van der Waals surface area contributed by atoms with Crippen LogP contribution in [0.3, 0.4) is 0 Å². The average Bonchev–Trinajstić information content (AvgIpc) is 3.03. The molecule has 0 amide bonds. The number of aromatic nitrogens is 4. The van der Waals surface area contributed by atoms with Gasteiger partial charge in [0.15, 0.2) is 11.6 Å². The molecule has 1 aliphatic carbocycles. The number of rotatable bonds is 7. The molecule has 5 N–H and O–H groups in total. The van der Waals surface area contributed by atoms with Gasteiger partial charge in [-0.25, -0.2) is 9.97 Å². The molecular weight excluding hydrogens is 356 g/mol. The fourth-order valence-electron chi connectivity index (χ4n) is 3.02. The molecule has 26 heavy (non-hydrogen) atoms. The van der Waals surface area contributed by atoms with Gasteiger partial charge in [-0.2, -0.15) is 9.97 Å². The van der Waals surface area contributed by atoms with E-state index >= 15 is 0 Å². The lowest BCUT2D eigenvalue weighted by Gasteiger charge is -2.18. The second kappa shape index (κ2) is 9.00. The summed E-state index contributed by atoms with van der Waals surface area (Å²) >= 11 is 0. The van der Waals surface area contributed by atoms with E-state index in [1.807, 2.05) is 0 Å². The van der Waals surface area contributed by atoms with Gasteiger partial charge >= 0.3 is 0 Å². The molecule has 2 aromatic heterocycles. The first-order valence-electron chi connectivity index (χ1n) is 8.80. The minimum absolute atomic E-state index is 0. The van der Waals surface area contributed by atoms with Crippen LogP contribution in [0, 0.1) is 0 Å². The van der Waals surface area contributed by atoms with Crippen molar-refractivity contribution in [3.8, 4) is 0 Å². The maximum absolute atomic E-state index is 10.0. The first-order valence-corrected chi connectivity index (χ1v) is 8.80. The lowest BCUT2D eigenvalue weighted by Crippen LogP contribution is -2.29. The summed E-state index contributed by atoms with van der Waals surface area (Å²) in [6.45, 7) is 2.88. The average molecular weight is 383 g/mol. The van der Waals surface area contributed by atoms with Crippen molar-refractivity contribution < 1.29 is 5.11 Å². The Hall–Kier alpha value is -2.13. The second-order valence-electron chi connectivity index (χ2n) is 6.16. The highest BCUT2D eigenvalue weighted by Gasteiger charge is 2.26. The number of nitrogens with zero attached hydrogens (tertiary/aromatic N) is 4. The van der Waals surface area contributed by atoms with Gasteiger partial charge in [0.1, 0.15) is 11.0 Å². The number of hydrogen-bond donors (Lipinski definition) is 5. The monoisotopic (exact) mass is 382 g/mol. The van der Waals surface area contributed by atoms with Crippen molar-refractivity contribution in [2.75, 3.05) is 41.9 Å². The number of aliphatic hydroxyl groups is 1. The normalized spacial score (nSPS) is 19.1. The van der Waals surface area contributed by atoms with Crippen LogP contribution >= 0.6 is 12.4 Å². The van der Waals surface area contributed by atoms with Gasteiger partial charge < -0.3 is 26.4 Å². The maximum Gasteiger partial charge on any atom is 0.225 e. The van der Waals surface area contributed by atoms with Crippen LogP contribution < -0.4 is 21.3 Å². The zero-order chi connectivity index (χ0) is 17.8. The second-order valence-corrected chi connectivity index (χ2v) is 6.16. The number of aliphatic hydroxyl groups excluding tert-OH is 1. The van der Waals surface area contributed by atoms with Crippen molar-refractivity contribution in [1.29, 1.82) is 0 Å². The zero-order valence-corrected chi connectivity index (χ0v) is 16.2. The number of hydrogen-bond acceptors (Lipinski definition) is 9. The van der Waals surface area contributed by atoms with Gasteiger partial charge in [-0.1, -0.05) is 6.92 Å². The molecule has 1 fully saturated rings. The van der Waals surface area contributed by atoms with Gasteiger partial charge in [-0.3, -0.25) is 0 Å². The molecule has 144 valence electrons. The summed E-state index contributed by atoms with van der Waals surface area (Å²) in [5.74, 6) is 2.28. The van der Waals surface area contributed by atoms with Crippen LogP contribution in [0.25, 0.3) is 11.0 Å². The highest BCUT2D eigenvalue weighted by molar-refractivity contribution is 5.94. The molecule has 2 aromatic rings. The quantitative estimate of drug-likeness (QED) is 0.490. The van der Waals surface area contributed by atoms with E-state index in [1.54, 1.807) is 14.1 Å². The molecule has 2 heterocycles. The fourth-order valence-corrected chi connectivity index (χ4v) is 3.02. The van der Waals surface area contributed by atoms with E-state index in [0.29, 0.717) is 34.6 Å². The summed E-state index contributed by atoms with van der Waals surface area (Å²) in [4.78, 5) is 18.2. The summed E-state index contributed by atoms with van der Waals surface area (Å²) in [7, 11) is 3.61. The summed E-state index contributed by atoms with van der Waals surface area (Å²) < 4.78 is 0. The molecule has 1 saturated carbocycles. The third kappa shape index (κ3) is 4.16. The number of nitrogens with one attached hydrogen (secondary N) is 4. The van der Waals surface area contributed by atoms with Crippen LogP contribution in [-0.2, 0) is 0 Å². The van der Waals surface area contributed by atoms with Crippen LogP contribution in [0.4, 0.5) is 23.5 Å². The lowest BCUT2D eigenvalue weighted by atomic mass is 10.2. The minimum Gasteiger partial charge on any atom is -0.391 e. The Morgan fingerprint density at radius 2 is 1.58 bits per heavy atom. The summed E-state index contributed by atoms with van der Waals surface area (Å²) in [6, 6.07) is -0.0217. The van der Waals surface area contributed by atoms with Crippen molar-refractivity contribution in [3.05, 3.63) is 0 Å². The summed E-state index contributed by atoms with van der Waals surface area (Å²) in [5.41, 5.74) is 1.29. The first-order chi connectivity index (χ1) is 12.2. The Kier molecular flexibility index (Phi) is 6.98. The van der Waals surface area contributed by atoms with E-state index < -0.39 is 0 Å². The molecule has 9 nitrogen and oxygen atoms in total.